The van der Waals surface area contributed by atoms with E-state index in [2.05, 4.69) is 10.3 Å². The Labute approximate surface area is 221 Å². The number of benzene rings is 3. The Morgan fingerprint density at radius 3 is 2.23 bits per heavy atom. The molecule has 10 heteroatoms. The van der Waals surface area contributed by atoms with E-state index >= 15 is 0 Å². The maximum Gasteiger partial charge on any atom is 0.389 e. The van der Waals surface area contributed by atoms with Crippen LogP contribution in [0, 0.1) is 11.7 Å². The number of amides is 2. The van der Waals surface area contributed by atoms with Gasteiger partial charge in [-0.25, -0.2) is 4.39 Å². The molecule has 1 heterocycles. The minimum Gasteiger partial charge on any atom is -0.369 e. The molecular weight excluding hydrogens is 514 g/mol. The summed E-state index contributed by atoms with van der Waals surface area (Å²) in [5, 5.41) is 2.43. The summed E-state index contributed by atoms with van der Waals surface area (Å²) in [6, 6.07) is 20.7. The molecule has 3 N–H and O–H groups in total. The third-order valence-corrected chi connectivity index (χ3v) is 6.56. The zero-order valence-corrected chi connectivity index (χ0v) is 20.6. The Morgan fingerprint density at radius 1 is 0.974 bits per heavy atom. The molecule has 3 atom stereocenters. The summed E-state index contributed by atoms with van der Waals surface area (Å²) >= 11 is 0. The lowest BCUT2D eigenvalue weighted by atomic mass is 9.81. The smallest absolute Gasteiger partial charge is 0.369 e. The van der Waals surface area contributed by atoms with Crippen molar-refractivity contribution in [3.63, 3.8) is 0 Å². The molecule has 0 saturated carbocycles. The molecule has 2 amide bonds. The quantitative estimate of drug-likeness (QED) is 0.414. The van der Waals surface area contributed by atoms with E-state index in [1.54, 1.807) is 54.6 Å². The number of nitrogens with one attached hydrogen (secondary N) is 1. The summed E-state index contributed by atoms with van der Waals surface area (Å²) in [5.74, 6) is -6.20. The molecule has 0 fully saturated rings. The lowest BCUT2D eigenvalue weighted by Crippen LogP contribution is -2.46. The van der Waals surface area contributed by atoms with Crippen molar-refractivity contribution in [2.45, 2.75) is 37.5 Å². The Kier molecular flexibility index (Phi) is 8.23. The van der Waals surface area contributed by atoms with Crippen LogP contribution in [0.5, 0.6) is 0 Å². The van der Waals surface area contributed by atoms with E-state index in [-0.39, 0.29) is 16.8 Å². The van der Waals surface area contributed by atoms with E-state index in [1.807, 2.05) is 0 Å². The van der Waals surface area contributed by atoms with Gasteiger partial charge in [-0.1, -0.05) is 72.8 Å². The molecule has 0 aliphatic carbocycles. The van der Waals surface area contributed by atoms with Crippen LogP contribution >= 0.6 is 0 Å². The largest absolute Gasteiger partial charge is 0.389 e. The fraction of sp³-hybridized carbons (Fsp3) is 0.241. The van der Waals surface area contributed by atoms with Crippen molar-refractivity contribution in [3.8, 4) is 0 Å². The van der Waals surface area contributed by atoms with Crippen molar-refractivity contribution < 1.29 is 31.9 Å². The van der Waals surface area contributed by atoms with Crippen LogP contribution in [0.3, 0.4) is 0 Å². The molecule has 39 heavy (non-hydrogen) atoms. The highest BCUT2D eigenvalue weighted by Crippen LogP contribution is 2.33. The molecular formula is C29H25F4N3O3. The van der Waals surface area contributed by atoms with E-state index in [4.69, 9.17) is 5.73 Å². The van der Waals surface area contributed by atoms with Crippen LogP contribution in [-0.4, -0.2) is 35.7 Å². The second-order valence-corrected chi connectivity index (χ2v) is 9.21. The number of fused-ring (bicyclic) bond motifs is 1. The SMILES string of the molecule is NC(=O)[C@@H](c1ccccc1)[C@@H](CCC(F)(F)F)C(=O)N[C@H]1N=C(c2ccccc2)c2cccc(F)c2CC1=O. The van der Waals surface area contributed by atoms with Crippen LogP contribution in [0.4, 0.5) is 17.6 Å². The van der Waals surface area contributed by atoms with Crippen molar-refractivity contribution >= 4 is 23.3 Å². The third-order valence-electron chi connectivity index (χ3n) is 6.56. The Balaban J connectivity index is 1.73. The van der Waals surface area contributed by atoms with Crippen LogP contribution in [0.2, 0.25) is 0 Å². The number of aliphatic imine (C=N–C) groups is 1. The van der Waals surface area contributed by atoms with Gasteiger partial charge in [-0.05, 0) is 18.1 Å². The first-order chi connectivity index (χ1) is 18.5. The predicted octanol–water partition coefficient (Wildman–Crippen LogP) is 4.46. The second-order valence-electron chi connectivity index (χ2n) is 9.21. The van der Waals surface area contributed by atoms with Gasteiger partial charge in [0.25, 0.3) is 0 Å². The molecule has 3 aromatic rings. The van der Waals surface area contributed by atoms with Gasteiger partial charge in [0, 0.05) is 29.5 Å². The number of hydrogen-bond donors (Lipinski definition) is 2. The standard InChI is InChI=1S/C29H25F4N3O3/c30-22-13-7-12-19-21(22)16-23(37)27(35-25(19)18-10-5-2-6-11-18)36-28(39)20(14-15-29(31,32)33)24(26(34)38)17-8-3-1-4-9-17/h1-13,20,24,27H,14-16H2,(H2,34,38)(H,36,39)/t20-,24+,27-/m1/s1. The molecule has 202 valence electrons. The molecule has 1 aliphatic heterocycles. The number of rotatable bonds is 8. The Morgan fingerprint density at radius 2 is 1.62 bits per heavy atom. The van der Waals surface area contributed by atoms with Gasteiger partial charge in [-0.2, -0.15) is 13.2 Å². The van der Waals surface area contributed by atoms with Crippen LogP contribution in [0.25, 0.3) is 0 Å². The monoisotopic (exact) mass is 539 g/mol. The van der Waals surface area contributed by atoms with Gasteiger partial charge in [-0.15, -0.1) is 0 Å². The first-order valence-corrected chi connectivity index (χ1v) is 12.2. The molecule has 0 spiro atoms. The number of nitrogens with two attached hydrogens (primary N) is 1. The number of hydrogen-bond acceptors (Lipinski definition) is 4. The molecule has 0 unspecified atom stereocenters. The molecule has 6 nitrogen and oxygen atoms in total. The number of carbonyl (C=O) groups is 3. The van der Waals surface area contributed by atoms with Crippen molar-refractivity contribution in [2.75, 3.05) is 0 Å². The summed E-state index contributed by atoms with van der Waals surface area (Å²) in [4.78, 5) is 43.6. The molecule has 0 radical (unpaired) electrons. The average molecular weight is 540 g/mol. The highest BCUT2D eigenvalue weighted by Gasteiger charge is 2.39. The van der Waals surface area contributed by atoms with E-state index in [9.17, 15) is 31.9 Å². The predicted molar refractivity (Wildman–Crippen MR) is 136 cm³/mol. The van der Waals surface area contributed by atoms with Gasteiger partial charge in [0.05, 0.1) is 17.5 Å². The van der Waals surface area contributed by atoms with E-state index in [1.165, 1.54) is 24.3 Å². The average Bonchev–Trinajstić information content (AvgIpc) is 3.04. The van der Waals surface area contributed by atoms with Gasteiger partial charge in [-0.3, -0.25) is 19.4 Å². The number of halogens is 4. The molecule has 0 saturated heterocycles. The Hall–Kier alpha value is -4.34. The summed E-state index contributed by atoms with van der Waals surface area (Å²) in [6.45, 7) is 0. The van der Waals surface area contributed by atoms with Crippen molar-refractivity contribution in [1.29, 1.82) is 0 Å². The second kappa shape index (κ2) is 11.6. The number of Topliss-reactive ketones (excluding diaryl/α,β-unsaturated/α-hetero) is 1. The van der Waals surface area contributed by atoms with Gasteiger partial charge in [0.15, 0.2) is 11.9 Å². The number of alkyl halides is 3. The molecule has 3 aromatic carbocycles. The number of nitrogens with zero attached hydrogens (tertiary/aromatic N) is 1. The maximum absolute atomic E-state index is 14.8. The lowest BCUT2D eigenvalue weighted by Gasteiger charge is -2.26. The van der Waals surface area contributed by atoms with Gasteiger partial charge in [0.1, 0.15) is 5.82 Å². The molecule has 0 aromatic heterocycles. The van der Waals surface area contributed by atoms with Crippen molar-refractivity contribution in [3.05, 3.63) is 107 Å². The number of primary amides is 1. The van der Waals surface area contributed by atoms with Crippen LogP contribution in [0.1, 0.15) is 41.0 Å². The van der Waals surface area contributed by atoms with Crippen LogP contribution in [-0.2, 0) is 20.8 Å². The summed E-state index contributed by atoms with van der Waals surface area (Å²) in [6.07, 6.45) is -8.64. The topological polar surface area (TPSA) is 102 Å². The number of carbonyl (C=O) groups excluding carboxylic acids is 3. The first kappa shape index (κ1) is 27.7. The van der Waals surface area contributed by atoms with Crippen molar-refractivity contribution in [1.82, 2.24) is 5.32 Å². The summed E-state index contributed by atoms with van der Waals surface area (Å²) in [7, 11) is 0. The van der Waals surface area contributed by atoms with E-state index in [0.717, 1.165) is 0 Å². The highest BCUT2D eigenvalue weighted by atomic mass is 19.4. The van der Waals surface area contributed by atoms with Gasteiger partial charge < -0.3 is 11.1 Å². The third kappa shape index (κ3) is 6.57. The van der Waals surface area contributed by atoms with Crippen molar-refractivity contribution in [2.24, 2.45) is 16.6 Å². The van der Waals surface area contributed by atoms with E-state index < -0.39 is 66.9 Å². The minimum atomic E-state index is -4.60. The molecule has 4 rings (SSSR count). The summed E-state index contributed by atoms with van der Waals surface area (Å²) in [5.41, 5.74) is 7.07. The lowest BCUT2D eigenvalue weighted by molar-refractivity contribution is -0.144. The highest BCUT2D eigenvalue weighted by molar-refractivity contribution is 6.16. The summed E-state index contributed by atoms with van der Waals surface area (Å²) < 4.78 is 54.3. The molecule has 1 aliphatic rings. The van der Waals surface area contributed by atoms with Gasteiger partial charge >= 0.3 is 6.18 Å². The normalized spacial score (nSPS) is 16.9. The van der Waals surface area contributed by atoms with Crippen LogP contribution in [0.15, 0.2) is 83.9 Å². The zero-order valence-electron chi connectivity index (χ0n) is 20.6. The fourth-order valence-corrected chi connectivity index (χ4v) is 4.71. The Bertz CT molecular complexity index is 1390. The molecule has 0 bridgehead atoms. The minimum absolute atomic E-state index is 0.0924. The van der Waals surface area contributed by atoms with Gasteiger partial charge in [0.2, 0.25) is 11.8 Å². The van der Waals surface area contributed by atoms with Crippen LogP contribution < -0.4 is 11.1 Å². The van der Waals surface area contributed by atoms with E-state index in [0.29, 0.717) is 11.1 Å². The first-order valence-electron chi connectivity index (χ1n) is 12.2. The maximum atomic E-state index is 14.8. The fourth-order valence-electron chi connectivity index (χ4n) is 4.71. The zero-order chi connectivity index (χ0) is 28.2. The number of ketones is 1.